The summed E-state index contributed by atoms with van der Waals surface area (Å²) in [5.41, 5.74) is 3.35. The Kier molecular flexibility index (Phi) is 2.50. The van der Waals surface area contributed by atoms with Crippen LogP contribution in [0.1, 0.15) is 31.9 Å². The Hall–Kier alpha value is -1.57. The van der Waals surface area contributed by atoms with Crippen LogP contribution >= 0.6 is 0 Å². The zero-order valence-electron chi connectivity index (χ0n) is 10.3. The van der Waals surface area contributed by atoms with Crippen molar-refractivity contribution in [2.45, 2.75) is 32.7 Å². The lowest BCUT2D eigenvalue weighted by Gasteiger charge is -2.25. The van der Waals surface area contributed by atoms with Crippen LogP contribution in [0.15, 0.2) is 30.8 Å². The molecule has 0 saturated heterocycles. The molecule has 1 aromatic heterocycles. The summed E-state index contributed by atoms with van der Waals surface area (Å²) in [6.07, 6.45) is 4.10. The second kappa shape index (κ2) is 4.02. The van der Waals surface area contributed by atoms with Crippen LogP contribution in [0.5, 0.6) is 0 Å². The van der Waals surface area contributed by atoms with Crippen LogP contribution in [0.3, 0.4) is 0 Å². The Bertz CT molecular complexity index is 561. The molecule has 1 fully saturated rings. The van der Waals surface area contributed by atoms with Crippen molar-refractivity contribution in [2.75, 3.05) is 0 Å². The van der Waals surface area contributed by atoms with Gasteiger partial charge in [0.15, 0.2) is 0 Å². The molecule has 0 amide bonds. The fraction of sp³-hybridized carbons (Fsp3) is 0.400. The molecule has 2 nitrogen and oxygen atoms in total. The molecule has 1 saturated carbocycles. The van der Waals surface area contributed by atoms with E-state index in [0.717, 1.165) is 23.7 Å². The summed E-state index contributed by atoms with van der Waals surface area (Å²) < 4.78 is 2.17. The summed E-state index contributed by atoms with van der Waals surface area (Å²) >= 11 is 0. The molecule has 0 aliphatic heterocycles. The van der Waals surface area contributed by atoms with Crippen LogP contribution in [0, 0.1) is 5.92 Å². The number of aromatic nitrogens is 2. The van der Waals surface area contributed by atoms with Crippen molar-refractivity contribution >= 4 is 16.5 Å². The normalized spacial score (nSPS) is 16.1. The Balaban J connectivity index is 2.07. The van der Waals surface area contributed by atoms with Gasteiger partial charge in [-0.15, -0.1) is 0 Å². The highest BCUT2D eigenvalue weighted by molar-refractivity contribution is 5.89. The van der Waals surface area contributed by atoms with E-state index in [1.165, 1.54) is 30.2 Å². The maximum absolute atomic E-state index is 4.73. The van der Waals surface area contributed by atoms with Gasteiger partial charge < -0.3 is 0 Å². The second-order valence-electron chi connectivity index (χ2n) is 5.13. The molecule has 1 aliphatic rings. The number of hydrogen-bond donors (Lipinski definition) is 0. The van der Waals surface area contributed by atoms with Crippen molar-refractivity contribution in [3.8, 4) is 0 Å². The molecule has 3 rings (SSSR count). The highest BCUT2D eigenvalue weighted by atomic mass is 15.3. The molecule has 17 heavy (non-hydrogen) atoms. The molecule has 0 atom stereocenters. The van der Waals surface area contributed by atoms with E-state index in [0.29, 0.717) is 0 Å². The monoisotopic (exact) mass is 226 g/mol. The topological polar surface area (TPSA) is 17.8 Å². The summed E-state index contributed by atoms with van der Waals surface area (Å²) in [4.78, 5) is 0. The maximum Gasteiger partial charge on any atom is 0.0952 e. The van der Waals surface area contributed by atoms with Crippen molar-refractivity contribution in [3.63, 3.8) is 0 Å². The van der Waals surface area contributed by atoms with Gasteiger partial charge in [-0.25, -0.2) is 0 Å². The van der Waals surface area contributed by atoms with Gasteiger partial charge in [0.1, 0.15) is 0 Å². The summed E-state index contributed by atoms with van der Waals surface area (Å²) in [5, 5.41) is 5.96. The van der Waals surface area contributed by atoms with E-state index in [1.807, 2.05) is 6.92 Å². The largest absolute Gasteiger partial charge is 0.264 e. The van der Waals surface area contributed by atoms with Crippen molar-refractivity contribution in [1.29, 1.82) is 0 Å². The van der Waals surface area contributed by atoms with Gasteiger partial charge >= 0.3 is 0 Å². The fourth-order valence-electron chi connectivity index (χ4n) is 2.50. The standard InChI is InChI=1S/C15H18N2/c1-11(2)15-13-8-3-4-9-14(13)17(16-15)10-12-6-5-7-12/h3-4,8-9,12H,1,5-7,10H2,2H3. The van der Waals surface area contributed by atoms with Crippen LogP contribution < -0.4 is 0 Å². The third-order valence-corrected chi connectivity index (χ3v) is 3.72. The number of allylic oxidation sites excluding steroid dienone is 1. The molecule has 0 radical (unpaired) electrons. The number of nitrogens with zero attached hydrogens (tertiary/aromatic N) is 2. The third-order valence-electron chi connectivity index (χ3n) is 3.72. The van der Waals surface area contributed by atoms with Gasteiger partial charge in [-0.05, 0) is 37.3 Å². The number of hydrogen-bond acceptors (Lipinski definition) is 1. The lowest BCUT2D eigenvalue weighted by molar-refractivity contribution is 0.270. The predicted molar refractivity (Wildman–Crippen MR) is 71.8 cm³/mol. The van der Waals surface area contributed by atoms with E-state index in [1.54, 1.807) is 0 Å². The minimum absolute atomic E-state index is 0.830. The molecule has 1 aromatic carbocycles. The highest BCUT2D eigenvalue weighted by Crippen LogP contribution is 2.30. The Morgan fingerprint density at radius 1 is 1.41 bits per heavy atom. The van der Waals surface area contributed by atoms with Crippen molar-refractivity contribution in [1.82, 2.24) is 9.78 Å². The molecule has 2 heteroatoms. The fourth-order valence-corrected chi connectivity index (χ4v) is 2.50. The predicted octanol–water partition coefficient (Wildman–Crippen LogP) is 3.87. The Labute approximate surface area is 102 Å². The van der Waals surface area contributed by atoms with Crippen molar-refractivity contribution < 1.29 is 0 Å². The van der Waals surface area contributed by atoms with Crippen LogP contribution in [-0.4, -0.2) is 9.78 Å². The first kappa shape index (κ1) is 10.6. The van der Waals surface area contributed by atoms with Gasteiger partial charge in [0, 0.05) is 11.9 Å². The summed E-state index contributed by atoms with van der Waals surface area (Å²) in [6, 6.07) is 8.46. The van der Waals surface area contributed by atoms with Crippen molar-refractivity contribution in [2.24, 2.45) is 5.92 Å². The lowest BCUT2D eigenvalue weighted by Crippen LogP contribution is -2.18. The molecule has 0 bridgehead atoms. The lowest BCUT2D eigenvalue weighted by atomic mass is 9.85. The number of fused-ring (bicyclic) bond motifs is 1. The average molecular weight is 226 g/mol. The summed E-state index contributed by atoms with van der Waals surface area (Å²) in [5.74, 6) is 0.830. The van der Waals surface area contributed by atoms with E-state index in [4.69, 9.17) is 5.10 Å². The van der Waals surface area contributed by atoms with E-state index >= 15 is 0 Å². The van der Waals surface area contributed by atoms with Gasteiger partial charge in [0.2, 0.25) is 0 Å². The summed E-state index contributed by atoms with van der Waals surface area (Å²) in [6.45, 7) is 7.12. The molecule has 0 spiro atoms. The van der Waals surface area contributed by atoms with E-state index in [-0.39, 0.29) is 0 Å². The first-order chi connectivity index (χ1) is 8.25. The minimum atomic E-state index is 0.830. The van der Waals surface area contributed by atoms with E-state index in [9.17, 15) is 0 Å². The van der Waals surface area contributed by atoms with Gasteiger partial charge in [-0.2, -0.15) is 5.10 Å². The molecule has 2 aromatic rings. The van der Waals surface area contributed by atoms with E-state index < -0.39 is 0 Å². The summed E-state index contributed by atoms with van der Waals surface area (Å²) in [7, 11) is 0. The first-order valence-corrected chi connectivity index (χ1v) is 6.37. The van der Waals surface area contributed by atoms with E-state index in [2.05, 4.69) is 35.5 Å². The molecule has 1 heterocycles. The molecular weight excluding hydrogens is 208 g/mol. The van der Waals surface area contributed by atoms with Crippen LogP contribution in [0.4, 0.5) is 0 Å². The Morgan fingerprint density at radius 3 is 2.82 bits per heavy atom. The second-order valence-corrected chi connectivity index (χ2v) is 5.13. The zero-order chi connectivity index (χ0) is 11.8. The third kappa shape index (κ3) is 1.78. The average Bonchev–Trinajstić information content (AvgIpc) is 2.63. The van der Waals surface area contributed by atoms with Crippen LogP contribution in [0.25, 0.3) is 16.5 Å². The molecule has 0 unspecified atom stereocenters. The smallest absolute Gasteiger partial charge is 0.0952 e. The number of rotatable bonds is 3. The van der Waals surface area contributed by atoms with Gasteiger partial charge in [-0.3, -0.25) is 4.68 Å². The Morgan fingerprint density at radius 2 is 2.18 bits per heavy atom. The highest BCUT2D eigenvalue weighted by Gasteiger charge is 2.20. The van der Waals surface area contributed by atoms with Crippen molar-refractivity contribution in [3.05, 3.63) is 36.5 Å². The van der Waals surface area contributed by atoms with Gasteiger partial charge in [-0.1, -0.05) is 31.2 Å². The number of benzene rings is 1. The maximum atomic E-state index is 4.73. The van der Waals surface area contributed by atoms with Gasteiger partial charge in [0.05, 0.1) is 11.2 Å². The van der Waals surface area contributed by atoms with Crippen LogP contribution in [0.2, 0.25) is 0 Å². The van der Waals surface area contributed by atoms with Crippen LogP contribution in [-0.2, 0) is 6.54 Å². The molecule has 1 aliphatic carbocycles. The molecule has 88 valence electrons. The molecule has 0 N–H and O–H groups in total. The van der Waals surface area contributed by atoms with Gasteiger partial charge in [0.25, 0.3) is 0 Å². The minimum Gasteiger partial charge on any atom is -0.264 e. The zero-order valence-corrected chi connectivity index (χ0v) is 10.3. The quantitative estimate of drug-likeness (QED) is 0.776. The number of para-hydroxylation sites is 1. The SMILES string of the molecule is C=C(C)c1nn(CC2CCC2)c2ccccc12. The first-order valence-electron chi connectivity index (χ1n) is 6.37. The molecular formula is C15H18N2.